The molecule has 2 rings (SSSR count). The first-order valence-electron chi connectivity index (χ1n) is 6.77. The molecule has 0 N–H and O–H groups in total. The molecule has 1 aromatic heterocycles. The summed E-state index contributed by atoms with van der Waals surface area (Å²) < 4.78 is 1.40. The minimum Gasteiger partial charge on any atom is -0.318 e. The molecular formula is C16H17ClN2O2. The van der Waals surface area contributed by atoms with E-state index in [4.69, 9.17) is 11.6 Å². The fourth-order valence-electron chi connectivity index (χ4n) is 2.07. The second kappa shape index (κ2) is 6.59. The van der Waals surface area contributed by atoms with Crippen molar-refractivity contribution in [2.75, 3.05) is 11.4 Å². The first-order chi connectivity index (χ1) is 10.0. The standard InChI is InChI=1S/C16H17ClN2O2/c1-3-10-19(14-7-5-13(17)6-8-14)16(21)12-4-9-15(20)18(2)11-12/h4-9,11H,3,10H2,1-2H3. The number of halogens is 1. The van der Waals surface area contributed by atoms with Crippen LogP contribution in [0.3, 0.4) is 0 Å². The Morgan fingerprint density at radius 2 is 1.86 bits per heavy atom. The zero-order valence-corrected chi connectivity index (χ0v) is 12.8. The molecule has 1 heterocycles. The summed E-state index contributed by atoms with van der Waals surface area (Å²) in [6.07, 6.45) is 2.39. The largest absolute Gasteiger partial charge is 0.318 e. The molecule has 0 radical (unpaired) electrons. The molecule has 2 aromatic rings. The maximum absolute atomic E-state index is 12.7. The summed E-state index contributed by atoms with van der Waals surface area (Å²) >= 11 is 5.89. The molecule has 4 nitrogen and oxygen atoms in total. The van der Waals surface area contributed by atoms with Gasteiger partial charge in [-0.25, -0.2) is 0 Å². The van der Waals surface area contributed by atoms with Crippen LogP contribution in [0.4, 0.5) is 5.69 Å². The summed E-state index contributed by atoms with van der Waals surface area (Å²) in [7, 11) is 1.63. The molecule has 1 aromatic carbocycles. The van der Waals surface area contributed by atoms with Gasteiger partial charge in [0.2, 0.25) is 5.56 Å². The Bertz CT molecular complexity index is 692. The van der Waals surface area contributed by atoms with Gasteiger partial charge in [-0.15, -0.1) is 0 Å². The number of carbonyl (C=O) groups excluding carboxylic acids is 1. The molecule has 21 heavy (non-hydrogen) atoms. The summed E-state index contributed by atoms with van der Waals surface area (Å²) in [5.74, 6) is -0.130. The Kier molecular flexibility index (Phi) is 4.81. The van der Waals surface area contributed by atoms with Crippen LogP contribution in [0.1, 0.15) is 23.7 Å². The van der Waals surface area contributed by atoms with Crippen LogP contribution < -0.4 is 10.5 Å². The van der Waals surface area contributed by atoms with Crippen molar-refractivity contribution in [3.8, 4) is 0 Å². The predicted molar refractivity (Wildman–Crippen MR) is 85.1 cm³/mol. The lowest BCUT2D eigenvalue weighted by Crippen LogP contribution is -2.32. The lowest BCUT2D eigenvalue weighted by Gasteiger charge is -2.22. The van der Waals surface area contributed by atoms with E-state index < -0.39 is 0 Å². The van der Waals surface area contributed by atoms with Gasteiger partial charge >= 0.3 is 0 Å². The first-order valence-corrected chi connectivity index (χ1v) is 7.15. The summed E-state index contributed by atoms with van der Waals surface area (Å²) in [6.45, 7) is 2.61. The predicted octanol–water partition coefficient (Wildman–Crippen LogP) is 3.10. The van der Waals surface area contributed by atoms with E-state index in [0.29, 0.717) is 17.1 Å². The number of aromatic nitrogens is 1. The van der Waals surface area contributed by atoms with Crippen molar-refractivity contribution < 1.29 is 4.79 Å². The molecule has 0 aliphatic heterocycles. The fourth-order valence-corrected chi connectivity index (χ4v) is 2.19. The Morgan fingerprint density at radius 3 is 2.43 bits per heavy atom. The molecule has 0 saturated carbocycles. The van der Waals surface area contributed by atoms with E-state index in [1.807, 2.05) is 19.1 Å². The molecule has 110 valence electrons. The Morgan fingerprint density at radius 1 is 1.19 bits per heavy atom. The van der Waals surface area contributed by atoms with Crippen LogP contribution >= 0.6 is 11.6 Å². The van der Waals surface area contributed by atoms with Crippen molar-refractivity contribution in [3.05, 3.63) is 63.5 Å². The number of rotatable bonds is 4. The highest BCUT2D eigenvalue weighted by molar-refractivity contribution is 6.30. The Labute approximate surface area is 128 Å². The normalized spacial score (nSPS) is 10.4. The molecule has 1 amide bonds. The highest BCUT2D eigenvalue weighted by atomic mass is 35.5. The van der Waals surface area contributed by atoms with Gasteiger partial charge in [0.15, 0.2) is 0 Å². The average Bonchev–Trinajstić information content (AvgIpc) is 2.48. The van der Waals surface area contributed by atoms with E-state index in [0.717, 1.165) is 12.1 Å². The molecule has 0 unspecified atom stereocenters. The van der Waals surface area contributed by atoms with Gasteiger partial charge in [-0.1, -0.05) is 18.5 Å². The maximum atomic E-state index is 12.7. The number of benzene rings is 1. The lowest BCUT2D eigenvalue weighted by molar-refractivity contribution is 0.0986. The van der Waals surface area contributed by atoms with E-state index >= 15 is 0 Å². The smallest absolute Gasteiger partial charge is 0.259 e. The fraction of sp³-hybridized carbons (Fsp3) is 0.250. The van der Waals surface area contributed by atoms with Crippen LogP contribution in [0.2, 0.25) is 5.02 Å². The van der Waals surface area contributed by atoms with E-state index in [1.54, 1.807) is 36.3 Å². The molecular weight excluding hydrogens is 288 g/mol. The van der Waals surface area contributed by atoms with Crippen LogP contribution in [-0.2, 0) is 7.05 Å². The van der Waals surface area contributed by atoms with Crippen molar-refractivity contribution >= 4 is 23.2 Å². The Balaban J connectivity index is 2.37. The van der Waals surface area contributed by atoms with E-state index in [1.165, 1.54) is 10.6 Å². The van der Waals surface area contributed by atoms with Crippen molar-refractivity contribution in [1.82, 2.24) is 4.57 Å². The molecule has 0 aliphatic rings. The van der Waals surface area contributed by atoms with Crippen molar-refractivity contribution in [3.63, 3.8) is 0 Å². The molecule has 5 heteroatoms. The van der Waals surface area contributed by atoms with Crippen LogP contribution in [0.5, 0.6) is 0 Å². The second-order valence-electron chi connectivity index (χ2n) is 4.80. The Hall–Kier alpha value is -2.07. The van der Waals surface area contributed by atoms with Gasteiger partial charge in [0.25, 0.3) is 5.91 Å². The number of carbonyl (C=O) groups is 1. The van der Waals surface area contributed by atoms with Crippen molar-refractivity contribution in [2.45, 2.75) is 13.3 Å². The second-order valence-corrected chi connectivity index (χ2v) is 5.24. The number of aryl methyl sites for hydroxylation is 1. The average molecular weight is 305 g/mol. The van der Waals surface area contributed by atoms with E-state index in [-0.39, 0.29) is 11.5 Å². The van der Waals surface area contributed by atoms with Gasteiger partial charge in [0, 0.05) is 36.6 Å². The van der Waals surface area contributed by atoms with Crippen LogP contribution in [0.15, 0.2) is 47.4 Å². The van der Waals surface area contributed by atoms with Gasteiger partial charge < -0.3 is 9.47 Å². The van der Waals surface area contributed by atoms with Gasteiger partial charge in [-0.2, -0.15) is 0 Å². The van der Waals surface area contributed by atoms with Crippen LogP contribution in [0, 0.1) is 0 Å². The van der Waals surface area contributed by atoms with E-state index in [9.17, 15) is 9.59 Å². The van der Waals surface area contributed by atoms with E-state index in [2.05, 4.69) is 0 Å². The molecule has 0 bridgehead atoms. The third-order valence-electron chi connectivity index (χ3n) is 3.16. The maximum Gasteiger partial charge on any atom is 0.259 e. The number of hydrogen-bond acceptors (Lipinski definition) is 2. The van der Waals surface area contributed by atoms with Crippen molar-refractivity contribution in [1.29, 1.82) is 0 Å². The summed E-state index contributed by atoms with van der Waals surface area (Å²) in [5, 5.41) is 0.629. The number of amides is 1. The van der Waals surface area contributed by atoms with Gasteiger partial charge in [0.1, 0.15) is 0 Å². The van der Waals surface area contributed by atoms with Crippen LogP contribution in [-0.4, -0.2) is 17.0 Å². The molecule has 0 spiro atoms. The number of anilines is 1. The molecule has 0 saturated heterocycles. The number of nitrogens with zero attached hydrogens (tertiary/aromatic N) is 2. The molecule has 0 fully saturated rings. The highest BCUT2D eigenvalue weighted by Crippen LogP contribution is 2.20. The zero-order valence-electron chi connectivity index (χ0n) is 12.0. The lowest BCUT2D eigenvalue weighted by atomic mass is 10.2. The SMILES string of the molecule is CCCN(C(=O)c1ccc(=O)n(C)c1)c1ccc(Cl)cc1. The summed E-state index contributed by atoms with van der Waals surface area (Å²) in [5.41, 5.74) is 1.14. The summed E-state index contributed by atoms with van der Waals surface area (Å²) in [6, 6.07) is 10.1. The zero-order chi connectivity index (χ0) is 15.4. The first kappa shape index (κ1) is 15.3. The number of pyridine rings is 1. The minimum absolute atomic E-state index is 0.130. The summed E-state index contributed by atoms with van der Waals surface area (Å²) in [4.78, 5) is 25.8. The van der Waals surface area contributed by atoms with Crippen LogP contribution in [0.25, 0.3) is 0 Å². The van der Waals surface area contributed by atoms with Gasteiger partial charge in [-0.3, -0.25) is 9.59 Å². The highest BCUT2D eigenvalue weighted by Gasteiger charge is 2.17. The topological polar surface area (TPSA) is 42.3 Å². The van der Waals surface area contributed by atoms with Crippen molar-refractivity contribution in [2.24, 2.45) is 7.05 Å². The molecule has 0 atom stereocenters. The monoisotopic (exact) mass is 304 g/mol. The third kappa shape index (κ3) is 3.52. The number of hydrogen-bond donors (Lipinski definition) is 0. The quantitative estimate of drug-likeness (QED) is 0.871. The van der Waals surface area contributed by atoms with Gasteiger partial charge in [0.05, 0.1) is 5.56 Å². The molecule has 0 aliphatic carbocycles. The van der Waals surface area contributed by atoms with Gasteiger partial charge in [-0.05, 0) is 36.8 Å². The third-order valence-corrected chi connectivity index (χ3v) is 3.42. The minimum atomic E-state index is -0.139.